The third-order valence-corrected chi connectivity index (χ3v) is 7.64. The molecule has 0 aliphatic rings. The normalized spacial score (nSPS) is 14.1. The third kappa shape index (κ3) is 5.36. The van der Waals surface area contributed by atoms with Crippen molar-refractivity contribution in [1.29, 1.82) is 0 Å². The summed E-state index contributed by atoms with van der Waals surface area (Å²) in [5, 5.41) is 0. The lowest BCUT2D eigenvalue weighted by molar-refractivity contribution is -0.141. The van der Waals surface area contributed by atoms with Gasteiger partial charge in [0.25, 0.3) is 0 Å². The number of carbonyl (C=O) groups is 1. The molecule has 35 heavy (non-hydrogen) atoms. The van der Waals surface area contributed by atoms with E-state index in [4.69, 9.17) is 4.74 Å². The van der Waals surface area contributed by atoms with Crippen molar-refractivity contribution in [3.8, 4) is 17.3 Å². The highest BCUT2D eigenvalue weighted by atomic mass is 32.2. The zero-order valence-corrected chi connectivity index (χ0v) is 21.0. The van der Waals surface area contributed by atoms with Crippen LogP contribution in [0, 0.1) is 0 Å². The Morgan fingerprint density at radius 2 is 1.91 bits per heavy atom. The molecular formula is C20H22F3N5O5S2. The molecule has 15 heteroatoms. The largest absolute Gasteiger partial charge is 0.613 e. The van der Waals surface area contributed by atoms with E-state index in [9.17, 15) is 30.9 Å². The summed E-state index contributed by atoms with van der Waals surface area (Å²) in [7, 11) is 0.444. The van der Waals surface area contributed by atoms with Crippen LogP contribution in [0.2, 0.25) is 0 Å². The topological polar surface area (TPSA) is 130 Å². The summed E-state index contributed by atoms with van der Waals surface area (Å²) < 4.78 is 84.0. The highest BCUT2D eigenvalue weighted by molar-refractivity contribution is 7.92. The van der Waals surface area contributed by atoms with Crippen LogP contribution in [0.5, 0.6) is 5.75 Å². The van der Waals surface area contributed by atoms with Gasteiger partial charge in [-0.1, -0.05) is 6.92 Å². The number of ether oxygens (including phenoxy) is 1. The molecule has 3 aromatic heterocycles. The van der Waals surface area contributed by atoms with Crippen LogP contribution in [0.4, 0.5) is 13.2 Å². The minimum atomic E-state index is -4.68. The first-order chi connectivity index (χ1) is 16.2. The Morgan fingerprint density at radius 3 is 2.46 bits per heavy atom. The maximum absolute atomic E-state index is 13.1. The van der Waals surface area contributed by atoms with Gasteiger partial charge in [-0.2, -0.15) is 13.2 Å². The molecule has 0 aliphatic heterocycles. The second-order valence-electron chi connectivity index (χ2n) is 7.65. The summed E-state index contributed by atoms with van der Waals surface area (Å²) in [6.45, 7) is 1.40. The molecule has 0 radical (unpaired) electrons. The van der Waals surface area contributed by atoms with Crippen LogP contribution in [0.25, 0.3) is 22.6 Å². The SMILES string of the molecule is CCS(=O)(=O)c1cc(OC(C(=O)N(C)C)[S+](C)[O-])cnc1-c1nc2cc(C(F)(F)F)ncc2n1C. The molecule has 0 fully saturated rings. The fourth-order valence-electron chi connectivity index (χ4n) is 3.10. The van der Waals surface area contributed by atoms with E-state index in [1.165, 1.54) is 43.8 Å². The Labute approximate surface area is 202 Å². The first-order valence-electron chi connectivity index (χ1n) is 10.00. The van der Waals surface area contributed by atoms with Gasteiger partial charge < -0.3 is 18.8 Å². The number of aryl methyl sites for hydroxylation is 1. The molecule has 0 N–H and O–H groups in total. The number of aromatic nitrogens is 4. The summed E-state index contributed by atoms with van der Waals surface area (Å²) in [5.74, 6) is -1.07. The molecule has 0 bridgehead atoms. The number of imidazole rings is 1. The number of hydrogen-bond donors (Lipinski definition) is 0. The van der Waals surface area contributed by atoms with E-state index in [0.29, 0.717) is 0 Å². The highest BCUT2D eigenvalue weighted by Crippen LogP contribution is 2.33. The van der Waals surface area contributed by atoms with Crippen LogP contribution in [0.1, 0.15) is 12.6 Å². The molecular weight excluding hydrogens is 511 g/mol. The minimum absolute atomic E-state index is 0.0142. The van der Waals surface area contributed by atoms with Crippen molar-refractivity contribution in [2.75, 3.05) is 26.1 Å². The first-order valence-corrected chi connectivity index (χ1v) is 13.3. The van der Waals surface area contributed by atoms with Gasteiger partial charge in [0.05, 0.1) is 35.4 Å². The molecule has 0 aliphatic carbocycles. The molecule has 1 amide bonds. The lowest BCUT2D eigenvalue weighted by atomic mass is 10.3. The van der Waals surface area contributed by atoms with Crippen molar-refractivity contribution < 1.29 is 35.7 Å². The summed E-state index contributed by atoms with van der Waals surface area (Å²) >= 11 is -1.76. The molecule has 3 aromatic rings. The smallest absolute Gasteiger partial charge is 0.433 e. The predicted octanol–water partition coefficient (Wildman–Crippen LogP) is 2.01. The summed E-state index contributed by atoms with van der Waals surface area (Å²) in [5.41, 5.74) is -2.49. The Kier molecular flexibility index (Phi) is 7.34. The van der Waals surface area contributed by atoms with Crippen molar-refractivity contribution in [2.24, 2.45) is 7.05 Å². The molecule has 2 atom stereocenters. The third-order valence-electron chi connectivity index (χ3n) is 5.00. The van der Waals surface area contributed by atoms with Crippen LogP contribution in [0.15, 0.2) is 29.4 Å². The van der Waals surface area contributed by atoms with Crippen molar-refractivity contribution in [3.63, 3.8) is 0 Å². The zero-order valence-electron chi connectivity index (χ0n) is 19.3. The molecule has 3 rings (SSSR count). The number of halogens is 3. The number of sulfone groups is 1. The number of nitrogens with zero attached hydrogens (tertiary/aromatic N) is 5. The second kappa shape index (κ2) is 9.62. The summed E-state index contributed by atoms with van der Waals surface area (Å²) in [6.07, 6.45) is -1.29. The maximum Gasteiger partial charge on any atom is 0.433 e. The van der Waals surface area contributed by atoms with E-state index in [1.807, 2.05) is 0 Å². The molecule has 0 saturated carbocycles. The number of carbonyl (C=O) groups excluding carboxylic acids is 1. The number of rotatable bonds is 7. The van der Waals surface area contributed by atoms with Gasteiger partial charge in [-0.05, 0) is 17.2 Å². The zero-order chi connectivity index (χ0) is 26.3. The molecule has 190 valence electrons. The lowest BCUT2D eigenvalue weighted by Gasteiger charge is -2.22. The van der Waals surface area contributed by atoms with Gasteiger partial charge in [-0.15, -0.1) is 0 Å². The average Bonchev–Trinajstić information content (AvgIpc) is 3.11. The molecule has 10 nitrogen and oxygen atoms in total. The van der Waals surface area contributed by atoms with Gasteiger partial charge in [0.15, 0.2) is 15.7 Å². The predicted molar refractivity (Wildman–Crippen MR) is 122 cm³/mol. The van der Waals surface area contributed by atoms with Gasteiger partial charge in [-0.3, -0.25) is 4.79 Å². The maximum atomic E-state index is 13.1. The van der Waals surface area contributed by atoms with Crippen molar-refractivity contribution in [2.45, 2.75) is 23.4 Å². The summed E-state index contributed by atoms with van der Waals surface area (Å²) in [4.78, 5) is 25.0. The van der Waals surface area contributed by atoms with E-state index >= 15 is 0 Å². The van der Waals surface area contributed by atoms with Crippen LogP contribution < -0.4 is 4.74 Å². The second-order valence-corrected chi connectivity index (χ2v) is 11.3. The van der Waals surface area contributed by atoms with Gasteiger partial charge in [0.1, 0.15) is 22.0 Å². The van der Waals surface area contributed by atoms with Gasteiger partial charge in [-0.25, -0.2) is 23.4 Å². The van der Waals surface area contributed by atoms with Gasteiger partial charge >= 0.3 is 17.5 Å². The Bertz CT molecular complexity index is 1370. The Hall–Kier alpha value is -2.91. The van der Waals surface area contributed by atoms with Gasteiger partial charge in [0.2, 0.25) is 0 Å². The van der Waals surface area contributed by atoms with Crippen LogP contribution in [-0.4, -0.2) is 74.8 Å². The summed E-state index contributed by atoms with van der Waals surface area (Å²) in [6, 6.07) is 1.89. The number of pyridine rings is 2. The fraction of sp³-hybridized carbons (Fsp3) is 0.400. The molecule has 3 heterocycles. The lowest BCUT2D eigenvalue weighted by Crippen LogP contribution is -2.42. The number of alkyl halides is 3. The monoisotopic (exact) mass is 533 g/mol. The van der Waals surface area contributed by atoms with E-state index in [-0.39, 0.29) is 38.9 Å². The van der Waals surface area contributed by atoms with Crippen molar-refractivity contribution in [1.82, 2.24) is 24.4 Å². The molecule has 2 unspecified atom stereocenters. The van der Waals surface area contributed by atoms with E-state index in [0.717, 1.165) is 24.5 Å². The highest BCUT2D eigenvalue weighted by Gasteiger charge is 2.34. The van der Waals surface area contributed by atoms with Gasteiger partial charge in [0, 0.05) is 27.2 Å². The number of likely N-dealkylation sites (N-methyl/N-ethyl adjacent to an activating group) is 1. The first kappa shape index (κ1) is 26.7. The average molecular weight is 534 g/mol. The Balaban J connectivity index is 2.17. The van der Waals surface area contributed by atoms with Crippen LogP contribution in [-0.2, 0) is 39.0 Å². The van der Waals surface area contributed by atoms with Crippen molar-refractivity contribution >= 4 is 38.0 Å². The number of hydrogen-bond acceptors (Lipinski definition) is 8. The van der Waals surface area contributed by atoms with E-state index < -0.39 is 44.2 Å². The quantitative estimate of drug-likeness (QED) is 0.422. The Morgan fingerprint density at radius 1 is 1.26 bits per heavy atom. The molecule has 0 aromatic carbocycles. The fourth-order valence-corrected chi connectivity index (χ4v) is 4.89. The minimum Gasteiger partial charge on any atom is -0.613 e. The standard InChI is InChI=1S/C20H22F3N5O5S2/c1-6-35(31,32)14-7-11(33-19(34(5)30)18(29)27(2)3)9-25-16(14)17-26-12-8-15(20(21,22)23)24-10-13(12)28(17)4/h7-10,19H,6H2,1-5H3. The molecule has 0 saturated heterocycles. The number of fused-ring (bicyclic) bond motifs is 1. The van der Waals surface area contributed by atoms with E-state index in [1.54, 1.807) is 0 Å². The van der Waals surface area contributed by atoms with Crippen LogP contribution >= 0.6 is 0 Å². The van der Waals surface area contributed by atoms with Crippen molar-refractivity contribution in [3.05, 3.63) is 30.2 Å². The van der Waals surface area contributed by atoms with Crippen LogP contribution in [0.3, 0.4) is 0 Å². The molecule has 0 spiro atoms. The van der Waals surface area contributed by atoms with E-state index in [2.05, 4.69) is 15.0 Å². The number of amides is 1.